The van der Waals surface area contributed by atoms with Crippen LogP contribution in [0.25, 0.3) is 11.0 Å². The van der Waals surface area contributed by atoms with Crippen LogP contribution in [0.3, 0.4) is 0 Å². The summed E-state index contributed by atoms with van der Waals surface area (Å²) in [5, 5.41) is 5.09. The van der Waals surface area contributed by atoms with Crippen LogP contribution in [0, 0.1) is 0 Å². The van der Waals surface area contributed by atoms with E-state index in [2.05, 4.69) is 39.1 Å². The maximum absolute atomic E-state index is 4.59. The average Bonchev–Trinajstić information content (AvgIpc) is 2.90. The van der Waals surface area contributed by atoms with Crippen LogP contribution in [-0.2, 0) is 6.42 Å². The molecule has 0 saturated heterocycles. The Balaban J connectivity index is 1.95. The smallest absolute Gasteiger partial charge is 0.172 e. The summed E-state index contributed by atoms with van der Waals surface area (Å²) in [6.45, 7) is 5.02. The standard InChI is InChI=1S/C15H17N5S/c1-3-10-13(16-4-2)17-9-18-14(10)21-15-19-11-7-5-6-8-12(11)20-15/h5-9H,3-4H2,1-2H3,(H,19,20)(H,16,17,18). The second-order valence-corrected chi connectivity index (χ2v) is 5.53. The van der Waals surface area contributed by atoms with E-state index < -0.39 is 0 Å². The maximum Gasteiger partial charge on any atom is 0.172 e. The SMILES string of the molecule is CCNc1ncnc(Sc2nc3ccccc3[nH]2)c1CC. The van der Waals surface area contributed by atoms with E-state index in [1.165, 1.54) is 0 Å². The molecule has 0 aliphatic heterocycles. The lowest BCUT2D eigenvalue weighted by Gasteiger charge is -2.10. The minimum absolute atomic E-state index is 0.846. The number of nitrogens with zero attached hydrogens (tertiary/aromatic N) is 3. The third-order valence-corrected chi connectivity index (χ3v) is 4.10. The highest BCUT2D eigenvalue weighted by molar-refractivity contribution is 7.99. The van der Waals surface area contributed by atoms with Crippen molar-refractivity contribution in [2.75, 3.05) is 11.9 Å². The fourth-order valence-electron chi connectivity index (χ4n) is 2.19. The predicted octanol–water partition coefficient (Wildman–Crippen LogP) is 3.50. The largest absolute Gasteiger partial charge is 0.370 e. The van der Waals surface area contributed by atoms with Crippen molar-refractivity contribution in [2.24, 2.45) is 0 Å². The Labute approximate surface area is 127 Å². The number of benzene rings is 1. The van der Waals surface area contributed by atoms with Gasteiger partial charge in [0.1, 0.15) is 17.2 Å². The number of anilines is 1. The number of aromatic nitrogens is 4. The Bertz CT molecular complexity index is 720. The molecule has 5 nitrogen and oxygen atoms in total. The third kappa shape index (κ3) is 2.85. The molecule has 0 fully saturated rings. The zero-order valence-corrected chi connectivity index (χ0v) is 12.9. The lowest BCUT2D eigenvalue weighted by molar-refractivity contribution is 0.931. The van der Waals surface area contributed by atoms with Crippen molar-refractivity contribution in [3.8, 4) is 0 Å². The molecule has 0 spiro atoms. The molecule has 0 unspecified atom stereocenters. The van der Waals surface area contributed by atoms with E-state index in [4.69, 9.17) is 0 Å². The molecule has 3 rings (SSSR count). The van der Waals surface area contributed by atoms with Gasteiger partial charge in [0, 0.05) is 12.1 Å². The molecule has 0 radical (unpaired) electrons. The maximum atomic E-state index is 4.59. The molecular formula is C15H17N5S. The Kier molecular flexibility index (Phi) is 4.06. The number of hydrogen-bond donors (Lipinski definition) is 2. The molecule has 2 N–H and O–H groups in total. The number of hydrogen-bond acceptors (Lipinski definition) is 5. The number of aromatic amines is 1. The van der Waals surface area contributed by atoms with Crippen LogP contribution in [0.2, 0.25) is 0 Å². The fraction of sp³-hybridized carbons (Fsp3) is 0.267. The Morgan fingerprint density at radius 3 is 2.81 bits per heavy atom. The second kappa shape index (κ2) is 6.13. The summed E-state index contributed by atoms with van der Waals surface area (Å²) in [6.07, 6.45) is 2.48. The minimum Gasteiger partial charge on any atom is -0.370 e. The number of fused-ring (bicyclic) bond motifs is 1. The van der Waals surface area contributed by atoms with Gasteiger partial charge in [-0.15, -0.1) is 0 Å². The molecule has 0 aliphatic rings. The number of rotatable bonds is 5. The predicted molar refractivity (Wildman–Crippen MR) is 85.8 cm³/mol. The normalized spacial score (nSPS) is 11.0. The summed E-state index contributed by atoms with van der Waals surface area (Å²) in [5.74, 6) is 0.911. The lowest BCUT2D eigenvalue weighted by atomic mass is 10.2. The first kappa shape index (κ1) is 13.9. The minimum atomic E-state index is 0.846. The summed E-state index contributed by atoms with van der Waals surface area (Å²) in [4.78, 5) is 16.6. The molecule has 6 heteroatoms. The molecule has 2 aromatic heterocycles. The second-order valence-electron chi connectivity index (χ2n) is 4.55. The van der Waals surface area contributed by atoms with Crippen molar-refractivity contribution in [1.82, 2.24) is 19.9 Å². The van der Waals surface area contributed by atoms with Gasteiger partial charge in [-0.2, -0.15) is 0 Å². The van der Waals surface area contributed by atoms with Crippen LogP contribution in [0.5, 0.6) is 0 Å². The van der Waals surface area contributed by atoms with Gasteiger partial charge in [-0.05, 0) is 37.2 Å². The van der Waals surface area contributed by atoms with Gasteiger partial charge in [0.05, 0.1) is 11.0 Å². The van der Waals surface area contributed by atoms with Crippen molar-refractivity contribution in [3.63, 3.8) is 0 Å². The van der Waals surface area contributed by atoms with Crippen LogP contribution >= 0.6 is 11.8 Å². The van der Waals surface area contributed by atoms with Gasteiger partial charge in [0.25, 0.3) is 0 Å². The first-order valence-corrected chi connectivity index (χ1v) is 7.83. The first-order chi connectivity index (χ1) is 10.3. The van der Waals surface area contributed by atoms with Crippen LogP contribution in [-0.4, -0.2) is 26.5 Å². The van der Waals surface area contributed by atoms with Gasteiger partial charge >= 0.3 is 0 Å². The molecule has 0 bridgehead atoms. The van der Waals surface area contributed by atoms with E-state index in [1.54, 1.807) is 18.1 Å². The quantitative estimate of drug-likeness (QED) is 0.706. The average molecular weight is 299 g/mol. The summed E-state index contributed by atoms with van der Waals surface area (Å²) in [5.41, 5.74) is 3.14. The topological polar surface area (TPSA) is 66.5 Å². The molecule has 3 aromatic rings. The zero-order chi connectivity index (χ0) is 14.7. The highest BCUT2D eigenvalue weighted by Gasteiger charge is 2.12. The van der Waals surface area contributed by atoms with Gasteiger partial charge in [-0.25, -0.2) is 15.0 Å². The van der Waals surface area contributed by atoms with Gasteiger partial charge in [-0.1, -0.05) is 19.1 Å². The monoisotopic (exact) mass is 299 g/mol. The Hall–Kier alpha value is -2.08. The molecule has 0 amide bonds. The zero-order valence-electron chi connectivity index (χ0n) is 12.1. The molecule has 1 aromatic carbocycles. The Morgan fingerprint density at radius 1 is 1.19 bits per heavy atom. The molecule has 2 heterocycles. The van der Waals surface area contributed by atoms with E-state index in [9.17, 15) is 0 Å². The van der Waals surface area contributed by atoms with Crippen LogP contribution < -0.4 is 5.32 Å². The third-order valence-electron chi connectivity index (χ3n) is 3.16. The summed E-state index contributed by atoms with van der Waals surface area (Å²) >= 11 is 1.55. The van der Waals surface area contributed by atoms with E-state index in [0.29, 0.717) is 0 Å². The van der Waals surface area contributed by atoms with Gasteiger partial charge in [0.15, 0.2) is 5.16 Å². The molecule has 0 saturated carbocycles. The first-order valence-electron chi connectivity index (χ1n) is 7.02. The Morgan fingerprint density at radius 2 is 2.05 bits per heavy atom. The number of nitrogens with one attached hydrogen (secondary N) is 2. The highest BCUT2D eigenvalue weighted by Crippen LogP contribution is 2.30. The van der Waals surface area contributed by atoms with Crippen molar-refractivity contribution >= 4 is 28.6 Å². The summed E-state index contributed by atoms with van der Waals surface area (Å²) in [6, 6.07) is 8.02. The number of para-hydroxylation sites is 2. The van der Waals surface area contributed by atoms with Crippen LogP contribution in [0.4, 0.5) is 5.82 Å². The van der Waals surface area contributed by atoms with Crippen LogP contribution in [0.1, 0.15) is 19.4 Å². The molecule has 108 valence electrons. The number of imidazole rings is 1. The molecular weight excluding hydrogens is 282 g/mol. The lowest BCUT2D eigenvalue weighted by Crippen LogP contribution is -2.05. The molecule has 0 aliphatic carbocycles. The van der Waals surface area contributed by atoms with Crippen LogP contribution in [0.15, 0.2) is 40.8 Å². The molecule has 21 heavy (non-hydrogen) atoms. The number of H-pyrrole nitrogens is 1. The van der Waals surface area contributed by atoms with E-state index in [-0.39, 0.29) is 0 Å². The van der Waals surface area contributed by atoms with Crippen molar-refractivity contribution < 1.29 is 0 Å². The van der Waals surface area contributed by atoms with Gasteiger partial charge < -0.3 is 10.3 Å². The van der Waals surface area contributed by atoms with E-state index >= 15 is 0 Å². The highest BCUT2D eigenvalue weighted by atomic mass is 32.2. The van der Waals surface area contributed by atoms with E-state index in [0.717, 1.165) is 45.6 Å². The summed E-state index contributed by atoms with van der Waals surface area (Å²) in [7, 11) is 0. The van der Waals surface area contributed by atoms with Crippen molar-refractivity contribution in [2.45, 2.75) is 30.5 Å². The van der Waals surface area contributed by atoms with Crippen molar-refractivity contribution in [1.29, 1.82) is 0 Å². The van der Waals surface area contributed by atoms with Gasteiger partial charge in [0.2, 0.25) is 0 Å². The van der Waals surface area contributed by atoms with Crippen molar-refractivity contribution in [3.05, 3.63) is 36.2 Å². The fourth-order valence-corrected chi connectivity index (χ4v) is 3.14. The van der Waals surface area contributed by atoms with Gasteiger partial charge in [-0.3, -0.25) is 0 Å². The van der Waals surface area contributed by atoms with E-state index in [1.807, 2.05) is 24.3 Å². The summed E-state index contributed by atoms with van der Waals surface area (Å²) < 4.78 is 0. The molecule has 0 atom stereocenters.